The van der Waals surface area contributed by atoms with Gasteiger partial charge in [-0.15, -0.1) is 0 Å². The third kappa shape index (κ3) is 27.9. The summed E-state index contributed by atoms with van der Waals surface area (Å²) < 4.78 is 0. The first-order valence-corrected chi connectivity index (χ1v) is 21.4. The van der Waals surface area contributed by atoms with Gasteiger partial charge in [0, 0.05) is 0 Å². The number of carbonyl (C=O) groups is 2. The molecule has 0 saturated heterocycles. The van der Waals surface area contributed by atoms with Crippen LogP contribution in [0.3, 0.4) is 0 Å². The van der Waals surface area contributed by atoms with Crippen LogP contribution in [0.25, 0.3) is 0 Å². The molecular weight excluding hydrogens is 673 g/mol. The van der Waals surface area contributed by atoms with Crippen molar-refractivity contribution in [2.24, 2.45) is 0 Å². The van der Waals surface area contributed by atoms with Crippen molar-refractivity contribution >= 4 is 35.0 Å². The van der Waals surface area contributed by atoms with E-state index < -0.39 is 17.7 Å². The van der Waals surface area contributed by atoms with Crippen LogP contribution in [-0.4, -0.2) is 45.2 Å². The Balaban J connectivity index is 0.00000100. The summed E-state index contributed by atoms with van der Waals surface area (Å²) >= 11 is 0. The Labute approximate surface area is 340 Å². The molecule has 7 heteroatoms. The first kappa shape index (κ1) is 50.7. The maximum absolute atomic E-state index is 11.4. The van der Waals surface area contributed by atoms with Crippen molar-refractivity contribution in [3.05, 3.63) is 58.7 Å². The van der Waals surface area contributed by atoms with Crippen molar-refractivity contribution < 1.29 is 30.0 Å². The SMILES string of the molecule is CCCCCCCCCCCCCCCCc1ccc(O)c(C(=O)O)c1.CCCCCCCCCCCCCCCCc1ccc([O-])c(C(=O)[O-])c1.[Mg+2]. The van der Waals surface area contributed by atoms with E-state index in [0.717, 1.165) is 43.2 Å². The zero-order valence-electron chi connectivity index (χ0n) is 33.9. The average Bonchev–Trinajstić information content (AvgIpc) is 3.13. The number of carboxylic acids is 2. The van der Waals surface area contributed by atoms with Crippen molar-refractivity contribution in [1.82, 2.24) is 0 Å². The second-order valence-corrected chi connectivity index (χ2v) is 15.0. The van der Waals surface area contributed by atoms with Gasteiger partial charge in [0.1, 0.15) is 11.3 Å². The van der Waals surface area contributed by atoms with Crippen LogP contribution in [0.5, 0.6) is 11.5 Å². The number of aryl methyl sites for hydroxylation is 2. The number of carbonyl (C=O) groups excluding carboxylic acids is 1. The quantitative estimate of drug-likeness (QED) is 0.0568. The molecule has 0 fully saturated rings. The number of hydrogen-bond acceptors (Lipinski definition) is 5. The van der Waals surface area contributed by atoms with Crippen LogP contribution in [-0.2, 0) is 12.8 Å². The van der Waals surface area contributed by atoms with Gasteiger partial charge in [-0.05, 0) is 54.5 Å². The van der Waals surface area contributed by atoms with Gasteiger partial charge < -0.3 is 25.2 Å². The van der Waals surface area contributed by atoms with E-state index in [1.807, 2.05) is 6.07 Å². The molecule has 0 aliphatic carbocycles. The predicted octanol–water partition coefficient (Wildman–Crippen LogP) is 11.9. The van der Waals surface area contributed by atoms with Crippen molar-refractivity contribution in [2.75, 3.05) is 0 Å². The molecule has 2 rings (SSSR count). The van der Waals surface area contributed by atoms with Gasteiger partial charge >= 0.3 is 29.0 Å². The predicted molar refractivity (Wildman–Crippen MR) is 219 cm³/mol. The Morgan fingerprint density at radius 1 is 0.491 bits per heavy atom. The molecule has 0 aromatic heterocycles. The third-order valence-corrected chi connectivity index (χ3v) is 10.2. The molecule has 6 nitrogen and oxygen atoms in total. The van der Waals surface area contributed by atoms with E-state index in [-0.39, 0.29) is 39.9 Å². The zero-order chi connectivity index (χ0) is 38.1. The van der Waals surface area contributed by atoms with Gasteiger partial charge in [0.2, 0.25) is 0 Å². The van der Waals surface area contributed by atoms with Crippen molar-refractivity contribution in [3.63, 3.8) is 0 Å². The maximum atomic E-state index is 11.4. The zero-order valence-corrected chi connectivity index (χ0v) is 35.3. The van der Waals surface area contributed by atoms with E-state index in [1.54, 1.807) is 12.1 Å². The molecule has 0 bridgehead atoms. The van der Waals surface area contributed by atoms with E-state index in [1.165, 1.54) is 179 Å². The molecule has 2 aromatic rings. The number of rotatable bonds is 32. The van der Waals surface area contributed by atoms with Gasteiger partial charge in [-0.25, -0.2) is 4.79 Å². The van der Waals surface area contributed by atoms with Crippen LogP contribution >= 0.6 is 0 Å². The van der Waals surface area contributed by atoms with E-state index in [9.17, 15) is 24.9 Å². The standard InChI is InChI=1S/2C23H38O3.Mg/c2*1-2-3-4-5-6-7-8-9-10-11-12-13-14-15-16-20-17-18-22(24)21(19-20)23(25)26;/h2*17-19,24H,2-16H2,1H3,(H,25,26);/q;;+2/p-2. The monoisotopic (exact) mass is 747 g/mol. The first-order chi connectivity index (χ1) is 25.3. The number of unbranched alkanes of at least 4 members (excludes halogenated alkanes) is 26. The number of benzene rings is 2. The number of aromatic hydroxyl groups is 1. The van der Waals surface area contributed by atoms with Gasteiger partial charge in [-0.3, -0.25) is 0 Å². The van der Waals surface area contributed by atoms with Gasteiger partial charge in [0.05, 0.1) is 5.97 Å². The van der Waals surface area contributed by atoms with E-state index in [2.05, 4.69) is 13.8 Å². The topological polar surface area (TPSA) is 121 Å². The van der Waals surface area contributed by atoms with Gasteiger partial charge in [-0.1, -0.05) is 211 Å². The smallest absolute Gasteiger partial charge is 0.872 e. The summed E-state index contributed by atoms with van der Waals surface area (Å²) in [7, 11) is 0. The summed E-state index contributed by atoms with van der Waals surface area (Å²) in [5.41, 5.74) is 1.71. The molecule has 0 saturated carbocycles. The molecule has 0 heterocycles. The fourth-order valence-corrected chi connectivity index (χ4v) is 6.85. The third-order valence-electron chi connectivity index (χ3n) is 10.2. The summed E-state index contributed by atoms with van der Waals surface area (Å²) in [5, 5.41) is 40.8. The minimum atomic E-state index is -1.38. The molecule has 296 valence electrons. The number of carboxylic acid groups (broad SMARTS) is 2. The van der Waals surface area contributed by atoms with Crippen LogP contribution in [0.4, 0.5) is 0 Å². The molecule has 53 heavy (non-hydrogen) atoms. The van der Waals surface area contributed by atoms with Gasteiger partial charge in [0.15, 0.2) is 0 Å². The Kier molecular flexibility index (Phi) is 33.9. The molecule has 2 N–H and O–H groups in total. The van der Waals surface area contributed by atoms with Crippen molar-refractivity contribution in [3.8, 4) is 11.5 Å². The van der Waals surface area contributed by atoms with E-state index in [0.29, 0.717) is 0 Å². The van der Waals surface area contributed by atoms with Gasteiger partial charge in [0.25, 0.3) is 0 Å². The fourth-order valence-electron chi connectivity index (χ4n) is 6.85. The second kappa shape index (κ2) is 35.4. The van der Waals surface area contributed by atoms with Crippen LogP contribution in [0.15, 0.2) is 36.4 Å². The second-order valence-electron chi connectivity index (χ2n) is 15.0. The van der Waals surface area contributed by atoms with Crippen molar-refractivity contribution in [1.29, 1.82) is 0 Å². The molecule has 0 atom stereocenters. The minimum Gasteiger partial charge on any atom is -0.872 e. The van der Waals surface area contributed by atoms with Crippen molar-refractivity contribution in [2.45, 2.75) is 206 Å². The maximum Gasteiger partial charge on any atom is 2.00 e. The summed E-state index contributed by atoms with van der Waals surface area (Å²) in [6.45, 7) is 4.53. The molecule has 0 aliphatic rings. The number of phenols is 1. The molecule has 0 unspecified atom stereocenters. The Bertz CT molecular complexity index is 1090. The summed E-state index contributed by atoms with van der Waals surface area (Å²) in [6.07, 6.45) is 39.0. The van der Waals surface area contributed by atoms with Crippen LogP contribution in [0.1, 0.15) is 225 Å². The molecule has 0 radical (unpaired) electrons. The summed E-state index contributed by atoms with van der Waals surface area (Å²) in [6, 6.07) is 9.45. The molecule has 0 aliphatic heterocycles. The normalized spacial score (nSPS) is 10.8. The van der Waals surface area contributed by atoms with E-state index >= 15 is 0 Å². The average molecular weight is 747 g/mol. The molecule has 0 amide bonds. The molecule has 0 spiro atoms. The summed E-state index contributed by atoms with van der Waals surface area (Å²) in [5.74, 6) is -3.06. The Morgan fingerprint density at radius 2 is 0.792 bits per heavy atom. The summed E-state index contributed by atoms with van der Waals surface area (Å²) in [4.78, 5) is 21.9. The van der Waals surface area contributed by atoms with E-state index in [4.69, 9.17) is 5.11 Å². The van der Waals surface area contributed by atoms with Crippen LogP contribution < -0.4 is 10.2 Å². The Hall–Kier alpha value is -2.25. The molecule has 2 aromatic carbocycles. The van der Waals surface area contributed by atoms with Gasteiger partial charge in [-0.2, -0.15) is 0 Å². The van der Waals surface area contributed by atoms with Crippen LogP contribution in [0, 0.1) is 0 Å². The fraction of sp³-hybridized carbons (Fsp3) is 0.696. The molecular formula is C46H74MgO6. The Morgan fingerprint density at radius 3 is 1.11 bits per heavy atom. The number of aromatic carboxylic acids is 2. The minimum absolute atomic E-state index is 0. The number of hydrogen-bond donors (Lipinski definition) is 2. The largest absolute Gasteiger partial charge is 2.00 e. The first-order valence-electron chi connectivity index (χ1n) is 21.4. The van der Waals surface area contributed by atoms with Crippen LogP contribution in [0.2, 0.25) is 0 Å².